The van der Waals surface area contributed by atoms with Crippen LogP contribution < -0.4 is 4.90 Å². The molecule has 1 aliphatic heterocycles. The molecule has 3 heteroatoms. The van der Waals surface area contributed by atoms with E-state index in [-0.39, 0.29) is 11.8 Å². The summed E-state index contributed by atoms with van der Waals surface area (Å²) >= 11 is 3.50. The van der Waals surface area contributed by atoms with E-state index < -0.39 is 0 Å². The van der Waals surface area contributed by atoms with E-state index >= 15 is 0 Å². The molecule has 0 saturated carbocycles. The molecule has 1 unspecified atom stereocenters. The minimum atomic E-state index is 0.0720. The molecule has 2 nitrogen and oxygen atoms in total. The molecule has 124 valence electrons. The van der Waals surface area contributed by atoms with Gasteiger partial charge in [-0.2, -0.15) is 0 Å². The molecule has 0 spiro atoms. The summed E-state index contributed by atoms with van der Waals surface area (Å²) in [7, 11) is 0. The Kier molecular flexibility index (Phi) is 4.18. The Labute approximate surface area is 155 Å². The predicted molar refractivity (Wildman–Crippen MR) is 107 cm³/mol. The van der Waals surface area contributed by atoms with Crippen molar-refractivity contribution in [3.8, 4) is 0 Å². The van der Waals surface area contributed by atoms with Gasteiger partial charge in [-0.05, 0) is 40.1 Å². The molecule has 3 aromatic carbocycles. The van der Waals surface area contributed by atoms with Crippen LogP contribution in [0.25, 0.3) is 10.8 Å². The van der Waals surface area contributed by atoms with E-state index in [9.17, 15) is 4.79 Å². The third-order valence-corrected chi connectivity index (χ3v) is 5.38. The van der Waals surface area contributed by atoms with E-state index in [0.29, 0.717) is 13.0 Å². The second kappa shape index (κ2) is 6.49. The Morgan fingerprint density at radius 1 is 1.08 bits per heavy atom. The first-order chi connectivity index (χ1) is 12.2. The second-order valence-corrected chi connectivity index (χ2v) is 7.24. The fourth-order valence-electron chi connectivity index (χ4n) is 3.72. The molecular weight excluding hydrogens is 374 g/mol. The molecule has 3 aromatic rings. The van der Waals surface area contributed by atoms with Crippen molar-refractivity contribution in [1.29, 1.82) is 0 Å². The maximum absolute atomic E-state index is 12.8. The third kappa shape index (κ3) is 2.79. The van der Waals surface area contributed by atoms with Crippen molar-refractivity contribution in [2.45, 2.75) is 12.3 Å². The molecule has 0 fully saturated rings. The number of nitrogens with zero attached hydrogens (tertiary/aromatic N) is 1. The number of benzene rings is 3. The molecule has 0 bridgehead atoms. The SMILES string of the molecule is C=CCN1C(=O)CC(c2ccc(Br)cc2)c2c1ccc1ccccc21. The smallest absolute Gasteiger partial charge is 0.228 e. The van der Waals surface area contributed by atoms with Gasteiger partial charge in [0.2, 0.25) is 5.91 Å². The number of rotatable bonds is 3. The maximum atomic E-state index is 12.8. The molecule has 1 aliphatic rings. The van der Waals surface area contributed by atoms with Crippen LogP contribution in [0.5, 0.6) is 0 Å². The Bertz CT molecular complexity index is 961. The van der Waals surface area contributed by atoms with Crippen molar-refractivity contribution in [3.05, 3.63) is 88.9 Å². The van der Waals surface area contributed by atoms with Gasteiger partial charge < -0.3 is 4.90 Å². The van der Waals surface area contributed by atoms with Crippen LogP contribution in [0.2, 0.25) is 0 Å². The van der Waals surface area contributed by atoms with Gasteiger partial charge in [-0.25, -0.2) is 0 Å². The molecule has 1 atom stereocenters. The minimum Gasteiger partial charge on any atom is -0.308 e. The van der Waals surface area contributed by atoms with Gasteiger partial charge in [0.25, 0.3) is 0 Å². The number of halogens is 1. The van der Waals surface area contributed by atoms with Crippen LogP contribution in [-0.2, 0) is 4.79 Å². The molecule has 4 rings (SSSR count). The van der Waals surface area contributed by atoms with Crippen LogP contribution in [0.4, 0.5) is 5.69 Å². The molecule has 0 saturated heterocycles. The van der Waals surface area contributed by atoms with Gasteiger partial charge in [-0.3, -0.25) is 4.79 Å². The summed E-state index contributed by atoms with van der Waals surface area (Å²) in [5, 5.41) is 2.42. The van der Waals surface area contributed by atoms with Gasteiger partial charge in [0.15, 0.2) is 0 Å². The molecule has 0 radical (unpaired) electrons. The highest BCUT2D eigenvalue weighted by Gasteiger charge is 2.32. The van der Waals surface area contributed by atoms with Gasteiger partial charge in [-0.15, -0.1) is 6.58 Å². The quantitative estimate of drug-likeness (QED) is 0.527. The van der Waals surface area contributed by atoms with Crippen molar-refractivity contribution >= 4 is 38.3 Å². The summed E-state index contributed by atoms with van der Waals surface area (Å²) in [5.41, 5.74) is 3.41. The lowest BCUT2D eigenvalue weighted by atomic mass is 9.81. The Morgan fingerprint density at radius 3 is 2.60 bits per heavy atom. The number of hydrogen-bond acceptors (Lipinski definition) is 1. The van der Waals surface area contributed by atoms with E-state index in [1.807, 2.05) is 17.0 Å². The largest absolute Gasteiger partial charge is 0.308 e. The Morgan fingerprint density at radius 2 is 1.84 bits per heavy atom. The molecule has 25 heavy (non-hydrogen) atoms. The number of carbonyl (C=O) groups excluding carboxylic acids is 1. The number of carbonyl (C=O) groups is 1. The molecule has 0 aromatic heterocycles. The number of hydrogen-bond donors (Lipinski definition) is 0. The van der Waals surface area contributed by atoms with Crippen LogP contribution in [-0.4, -0.2) is 12.5 Å². The lowest BCUT2D eigenvalue weighted by Gasteiger charge is -2.35. The van der Waals surface area contributed by atoms with Crippen molar-refractivity contribution in [3.63, 3.8) is 0 Å². The van der Waals surface area contributed by atoms with Crippen molar-refractivity contribution < 1.29 is 4.79 Å². The highest BCUT2D eigenvalue weighted by molar-refractivity contribution is 9.10. The summed E-state index contributed by atoms with van der Waals surface area (Å²) in [6, 6.07) is 20.9. The topological polar surface area (TPSA) is 20.3 Å². The first kappa shape index (κ1) is 16.1. The van der Waals surface area contributed by atoms with E-state index in [1.165, 1.54) is 21.9 Å². The fourth-order valence-corrected chi connectivity index (χ4v) is 3.98. The summed E-state index contributed by atoms with van der Waals surface area (Å²) in [6.45, 7) is 4.35. The molecule has 0 N–H and O–H groups in total. The van der Waals surface area contributed by atoms with Crippen molar-refractivity contribution in [2.24, 2.45) is 0 Å². The van der Waals surface area contributed by atoms with Gasteiger partial charge in [-0.1, -0.05) is 64.5 Å². The molecule has 1 amide bonds. The Hall–Kier alpha value is -2.39. The van der Waals surface area contributed by atoms with Crippen LogP contribution in [0, 0.1) is 0 Å². The lowest BCUT2D eigenvalue weighted by molar-refractivity contribution is -0.119. The zero-order chi connectivity index (χ0) is 17.4. The third-order valence-electron chi connectivity index (χ3n) is 4.85. The van der Waals surface area contributed by atoms with E-state index in [2.05, 4.69) is 71.0 Å². The zero-order valence-electron chi connectivity index (χ0n) is 13.8. The van der Waals surface area contributed by atoms with E-state index in [4.69, 9.17) is 0 Å². The highest BCUT2D eigenvalue weighted by atomic mass is 79.9. The van der Waals surface area contributed by atoms with E-state index in [0.717, 1.165) is 10.2 Å². The van der Waals surface area contributed by atoms with Gasteiger partial charge in [0.05, 0.1) is 0 Å². The first-order valence-corrected chi connectivity index (χ1v) is 9.16. The summed E-state index contributed by atoms with van der Waals surface area (Å²) < 4.78 is 1.05. The monoisotopic (exact) mass is 391 g/mol. The lowest BCUT2D eigenvalue weighted by Crippen LogP contribution is -2.37. The first-order valence-electron chi connectivity index (χ1n) is 8.37. The summed E-state index contributed by atoms with van der Waals surface area (Å²) in [5.74, 6) is 0.221. The fraction of sp³-hybridized carbons (Fsp3) is 0.136. The van der Waals surface area contributed by atoms with Crippen molar-refractivity contribution in [1.82, 2.24) is 0 Å². The molecule has 0 aliphatic carbocycles. The van der Waals surface area contributed by atoms with Crippen LogP contribution >= 0.6 is 15.9 Å². The standard InChI is InChI=1S/C22H18BrNO/c1-2-13-24-20-12-9-15-5-3-4-6-18(15)22(20)19(14-21(24)25)16-7-10-17(23)11-8-16/h2-12,19H,1,13-14H2. The predicted octanol–water partition coefficient (Wildman–Crippen LogP) is 5.66. The number of anilines is 1. The highest BCUT2D eigenvalue weighted by Crippen LogP contribution is 2.44. The van der Waals surface area contributed by atoms with E-state index in [1.54, 1.807) is 6.08 Å². The average molecular weight is 392 g/mol. The molecule has 1 heterocycles. The van der Waals surface area contributed by atoms with Gasteiger partial charge in [0.1, 0.15) is 0 Å². The number of amides is 1. The van der Waals surface area contributed by atoms with Crippen LogP contribution in [0.15, 0.2) is 77.8 Å². The van der Waals surface area contributed by atoms with Gasteiger partial charge in [0, 0.05) is 29.0 Å². The Balaban J connectivity index is 1.97. The molecular formula is C22H18BrNO. The zero-order valence-corrected chi connectivity index (χ0v) is 15.4. The second-order valence-electron chi connectivity index (χ2n) is 6.32. The van der Waals surface area contributed by atoms with Crippen LogP contribution in [0.3, 0.4) is 0 Å². The summed E-state index contributed by atoms with van der Waals surface area (Å²) in [6.07, 6.45) is 2.27. The summed E-state index contributed by atoms with van der Waals surface area (Å²) in [4.78, 5) is 14.7. The van der Waals surface area contributed by atoms with Crippen LogP contribution in [0.1, 0.15) is 23.5 Å². The number of fused-ring (bicyclic) bond motifs is 3. The normalized spacial score (nSPS) is 16.8. The van der Waals surface area contributed by atoms with Crippen molar-refractivity contribution in [2.75, 3.05) is 11.4 Å². The minimum absolute atomic E-state index is 0.0720. The average Bonchev–Trinajstić information content (AvgIpc) is 2.64. The van der Waals surface area contributed by atoms with Gasteiger partial charge >= 0.3 is 0 Å². The maximum Gasteiger partial charge on any atom is 0.228 e.